The van der Waals surface area contributed by atoms with Crippen molar-refractivity contribution >= 4 is 5.97 Å². The van der Waals surface area contributed by atoms with Gasteiger partial charge in [-0.2, -0.15) is 4.65 Å². The van der Waals surface area contributed by atoms with Crippen LogP contribution in [-0.4, -0.2) is 53.8 Å². The predicted molar refractivity (Wildman–Crippen MR) is 80.5 cm³/mol. The molecule has 23 heavy (non-hydrogen) atoms. The fraction of sp³-hybridized carbons (Fsp3) is 0.471. The van der Waals surface area contributed by atoms with Crippen LogP contribution in [0, 0.1) is 0 Å². The summed E-state index contributed by atoms with van der Waals surface area (Å²) in [6, 6.07) is 2.99. The van der Waals surface area contributed by atoms with Crippen molar-refractivity contribution < 1.29 is 29.2 Å². The number of aromatic hydroxyl groups is 1. The maximum atomic E-state index is 12.3. The Morgan fingerprint density at radius 1 is 1.39 bits per heavy atom. The maximum Gasteiger partial charge on any atom is 0.338 e. The largest absolute Gasteiger partial charge is 0.504 e. The lowest BCUT2D eigenvalue weighted by Gasteiger charge is -2.42. The van der Waals surface area contributed by atoms with Crippen molar-refractivity contribution in [3.63, 3.8) is 0 Å². The average molecular weight is 318 g/mol. The van der Waals surface area contributed by atoms with Crippen molar-refractivity contribution in [1.29, 1.82) is 0 Å². The van der Waals surface area contributed by atoms with Crippen molar-refractivity contribution in [1.82, 2.24) is 0 Å². The van der Waals surface area contributed by atoms with Gasteiger partial charge in [-0.1, -0.05) is 6.08 Å². The topological polar surface area (TPSA) is 76.0 Å². The van der Waals surface area contributed by atoms with Crippen molar-refractivity contribution in [3.05, 3.63) is 34.9 Å². The Labute approximate surface area is 134 Å². The van der Waals surface area contributed by atoms with Gasteiger partial charge in [0, 0.05) is 12.8 Å². The van der Waals surface area contributed by atoms with Crippen molar-refractivity contribution in [3.8, 4) is 11.5 Å². The molecule has 0 spiro atoms. The van der Waals surface area contributed by atoms with Gasteiger partial charge in [0.1, 0.15) is 12.6 Å². The van der Waals surface area contributed by atoms with Crippen LogP contribution in [0.5, 0.6) is 11.5 Å². The van der Waals surface area contributed by atoms with Crippen LogP contribution in [0.25, 0.3) is 0 Å². The first kappa shape index (κ1) is 14.5. The van der Waals surface area contributed by atoms with E-state index in [2.05, 4.69) is 6.08 Å². The van der Waals surface area contributed by atoms with E-state index in [1.165, 1.54) is 18.7 Å². The lowest BCUT2D eigenvalue weighted by atomic mass is 9.74. The van der Waals surface area contributed by atoms with Crippen LogP contribution < -0.4 is 4.74 Å². The zero-order chi connectivity index (χ0) is 16.4. The molecule has 2 aliphatic heterocycles. The van der Waals surface area contributed by atoms with Gasteiger partial charge in [0.05, 0.1) is 25.6 Å². The molecule has 6 heteroatoms. The number of ether oxygens (including phenoxy) is 2. The summed E-state index contributed by atoms with van der Waals surface area (Å²) in [5, 5.41) is 20.7. The summed E-state index contributed by atoms with van der Waals surface area (Å²) >= 11 is 0. The third-order valence-electron chi connectivity index (χ3n) is 5.37. The molecule has 122 valence electrons. The number of phenolic OH excluding ortho intramolecular Hbond substituents is 1. The molecule has 6 nitrogen and oxygen atoms in total. The number of nitrogens with zero attached hydrogens (tertiary/aromatic N) is 1. The van der Waals surface area contributed by atoms with E-state index in [1.54, 1.807) is 13.1 Å². The Bertz CT molecular complexity index is 724. The van der Waals surface area contributed by atoms with Crippen LogP contribution >= 0.6 is 0 Å². The quantitative estimate of drug-likeness (QED) is 0.470. The third kappa shape index (κ3) is 1.98. The van der Waals surface area contributed by atoms with Gasteiger partial charge < -0.3 is 14.6 Å². The molecule has 0 bridgehead atoms. The molecule has 1 aliphatic carbocycles. The van der Waals surface area contributed by atoms with Gasteiger partial charge in [-0.15, -0.1) is 0 Å². The molecule has 0 aromatic heterocycles. The first-order valence-electron chi connectivity index (χ1n) is 7.81. The fourth-order valence-corrected chi connectivity index (χ4v) is 4.31. The maximum absolute atomic E-state index is 12.3. The van der Waals surface area contributed by atoms with Crippen LogP contribution in [0.1, 0.15) is 34.7 Å². The van der Waals surface area contributed by atoms with E-state index in [0.717, 1.165) is 12.0 Å². The number of likely N-dealkylation sites (tertiary alicyclic amines) is 1. The Hall–Kier alpha value is -2.05. The van der Waals surface area contributed by atoms with E-state index in [1.807, 2.05) is 0 Å². The smallest absolute Gasteiger partial charge is 0.338 e. The summed E-state index contributed by atoms with van der Waals surface area (Å²) in [5.41, 5.74) is 2.36. The van der Waals surface area contributed by atoms with Crippen LogP contribution in [0.15, 0.2) is 23.8 Å². The van der Waals surface area contributed by atoms with Crippen LogP contribution in [0.4, 0.5) is 0 Å². The minimum absolute atomic E-state index is 0.0825. The molecule has 4 rings (SSSR count). The monoisotopic (exact) mass is 318 g/mol. The Morgan fingerprint density at radius 3 is 2.91 bits per heavy atom. The van der Waals surface area contributed by atoms with Crippen LogP contribution in [-0.2, 0) is 4.74 Å². The SMILES string of the molecule is COc1cc2c(cc1O)C(=O)OC1CC=C3CC[N+](C)(O)C3C21. The lowest BCUT2D eigenvalue weighted by molar-refractivity contribution is -1.10. The van der Waals surface area contributed by atoms with E-state index >= 15 is 0 Å². The van der Waals surface area contributed by atoms with Gasteiger partial charge in [0.25, 0.3) is 0 Å². The molecular weight excluding hydrogens is 298 g/mol. The second-order valence-corrected chi connectivity index (χ2v) is 6.73. The van der Waals surface area contributed by atoms with E-state index in [-0.39, 0.29) is 28.5 Å². The standard InChI is InChI=1S/C17H19NO5/c1-18(21)6-5-9-3-4-13-15(16(9)18)10-8-14(22-2)12(19)7-11(10)17(20)23-13/h3,7-8,13,15-16,21H,4-6H2,1-2H3/p+1. The van der Waals surface area contributed by atoms with Crippen LogP contribution in [0.2, 0.25) is 0 Å². The number of fused-ring (bicyclic) bond motifs is 5. The minimum Gasteiger partial charge on any atom is -0.504 e. The molecule has 2 N–H and O–H groups in total. The average Bonchev–Trinajstić information content (AvgIpc) is 2.82. The normalized spacial score (nSPS) is 34.8. The zero-order valence-corrected chi connectivity index (χ0v) is 13.2. The number of esters is 1. The highest BCUT2D eigenvalue weighted by atomic mass is 16.6. The number of quaternary nitrogens is 1. The first-order valence-corrected chi connectivity index (χ1v) is 7.81. The number of hydrogen-bond donors (Lipinski definition) is 2. The zero-order valence-electron chi connectivity index (χ0n) is 13.2. The molecule has 4 unspecified atom stereocenters. The highest BCUT2D eigenvalue weighted by Gasteiger charge is 2.55. The summed E-state index contributed by atoms with van der Waals surface area (Å²) < 4.78 is 10.7. The van der Waals surface area contributed by atoms with Gasteiger partial charge in [-0.05, 0) is 23.3 Å². The molecule has 1 aromatic carbocycles. The summed E-state index contributed by atoms with van der Waals surface area (Å²) in [6.45, 7) is 0.651. The molecule has 4 atom stereocenters. The summed E-state index contributed by atoms with van der Waals surface area (Å²) in [7, 11) is 3.27. The number of benzene rings is 1. The van der Waals surface area contributed by atoms with Crippen molar-refractivity contribution in [2.45, 2.75) is 30.9 Å². The highest BCUT2D eigenvalue weighted by Crippen LogP contribution is 2.49. The van der Waals surface area contributed by atoms with Crippen LogP contribution in [0.3, 0.4) is 0 Å². The molecule has 1 saturated heterocycles. The summed E-state index contributed by atoms with van der Waals surface area (Å²) in [5.74, 6) is -0.310. The number of carbonyl (C=O) groups is 1. The number of hydrogen-bond acceptors (Lipinski definition) is 5. The molecule has 1 fully saturated rings. The van der Waals surface area contributed by atoms with E-state index in [9.17, 15) is 15.1 Å². The fourth-order valence-electron chi connectivity index (χ4n) is 4.31. The second kappa shape index (κ2) is 4.72. The number of hydroxylamine groups is 3. The number of phenols is 1. The third-order valence-corrected chi connectivity index (χ3v) is 5.37. The van der Waals surface area contributed by atoms with Gasteiger partial charge in [-0.3, -0.25) is 0 Å². The minimum atomic E-state index is -0.429. The van der Waals surface area contributed by atoms with Crippen molar-refractivity contribution in [2.75, 3.05) is 20.7 Å². The van der Waals surface area contributed by atoms with Crippen molar-refractivity contribution in [2.24, 2.45) is 0 Å². The predicted octanol–water partition coefficient (Wildman–Crippen LogP) is 1.96. The lowest BCUT2D eigenvalue weighted by Crippen LogP contribution is -2.53. The molecule has 0 saturated carbocycles. The molecule has 0 radical (unpaired) electrons. The summed E-state index contributed by atoms with van der Waals surface area (Å²) in [4.78, 5) is 12.3. The number of likely N-dealkylation sites (N-methyl/N-ethyl adjacent to an activating group) is 1. The Morgan fingerprint density at radius 2 is 2.17 bits per heavy atom. The number of rotatable bonds is 1. The molecular formula is C17H20NO5+. The summed E-state index contributed by atoms with van der Waals surface area (Å²) in [6.07, 6.45) is 3.31. The Balaban J connectivity index is 1.90. The molecule has 3 aliphatic rings. The van der Waals surface area contributed by atoms with Gasteiger partial charge in [0.2, 0.25) is 0 Å². The van der Waals surface area contributed by atoms with Gasteiger partial charge >= 0.3 is 5.97 Å². The second-order valence-electron chi connectivity index (χ2n) is 6.73. The van der Waals surface area contributed by atoms with Gasteiger partial charge in [0.15, 0.2) is 17.5 Å². The number of carbonyl (C=O) groups excluding carboxylic acids is 1. The molecule has 1 aromatic rings. The van der Waals surface area contributed by atoms with E-state index in [0.29, 0.717) is 24.3 Å². The first-order chi connectivity index (χ1) is 10.9. The van der Waals surface area contributed by atoms with E-state index < -0.39 is 5.97 Å². The van der Waals surface area contributed by atoms with E-state index in [4.69, 9.17) is 9.47 Å². The highest BCUT2D eigenvalue weighted by molar-refractivity contribution is 5.93. The Kier molecular flexibility index (Phi) is 2.98. The van der Waals surface area contributed by atoms with Gasteiger partial charge in [-0.25, -0.2) is 10.0 Å². The molecule has 0 amide bonds. The number of methoxy groups -OCH3 is 1. The molecule has 2 heterocycles.